The molecule has 0 spiro atoms. The zero-order valence-electron chi connectivity index (χ0n) is 23.3. The van der Waals surface area contributed by atoms with Crippen molar-refractivity contribution < 1.29 is 19.1 Å². The van der Waals surface area contributed by atoms with Gasteiger partial charge in [0.15, 0.2) is 5.78 Å². The molecule has 2 N–H and O–H groups in total. The third-order valence-electron chi connectivity index (χ3n) is 6.78. The van der Waals surface area contributed by atoms with Gasteiger partial charge in [0.2, 0.25) is 0 Å². The first-order valence-corrected chi connectivity index (χ1v) is 13.6. The molecule has 6 heteroatoms. The summed E-state index contributed by atoms with van der Waals surface area (Å²) in [6, 6.07) is 20.1. The maximum atomic E-state index is 13.3. The number of nitrogens with one attached hydrogen (secondary N) is 2. The van der Waals surface area contributed by atoms with Gasteiger partial charge < -0.3 is 20.1 Å². The molecule has 4 rings (SSSR count). The van der Waals surface area contributed by atoms with Crippen LogP contribution in [0.25, 0.3) is 5.70 Å². The maximum Gasteiger partial charge on any atom is 0.255 e. The number of benzene rings is 3. The standard InChI is InChI=1S/C33H38N2O4/c1-5-6-7-8-18-39-27-15-12-23(13-16-27)32(37)34-26-11-9-10-24(19-26)31(36)21-30-29-20-28(38-4)17-14-25(29)22-33(2,3)35-30/h9-17,19-21,35H,5-8,18,22H2,1-4H3,(H,34,37). The fraction of sp³-hybridized carbons (Fsp3) is 0.333. The Morgan fingerprint density at radius 3 is 2.46 bits per heavy atom. The molecule has 0 fully saturated rings. The first-order chi connectivity index (χ1) is 18.8. The Hall–Kier alpha value is -4.06. The lowest BCUT2D eigenvalue weighted by Gasteiger charge is -2.35. The van der Waals surface area contributed by atoms with E-state index in [1.54, 1.807) is 49.6 Å². The van der Waals surface area contributed by atoms with E-state index in [1.807, 2.05) is 24.3 Å². The van der Waals surface area contributed by atoms with Crippen molar-refractivity contribution in [3.05, 3.63) is 95.1 Å². The summed E-state index contributed by atoms with van der Waals surface area (Å²) in [5, 5.41) is 6.40. The normalized spacial score (nSPS) is 14.7. The predicted octanol–water partition coefficient (Wildman–Crippen LogP) is 7.05. The maximum absolute atomic E-state index is 13.3. The van der Waals surface area contributed by atoms with E-state index in [0.717, 1.165) is 47.6 Å². The average Bonchev–Trinajstić information content (AvgIpc) is 2.92. The number of hydrogen-bond acceptors (Lipinski definition) is 5. The molecular formula is C33H38N2O4. The highest BCUT2D eigenvalue weighted by atomic mass is 16.5. The SMILES string of the molecule is CCCCCCOc1ccc(C(=O)Nc2cccc(C(=O)C=C3NC(C)(C)Cc4ccc(OC)cc43)c2)cc1. The van der Waals surface area contributed by atoms with Gasteiger partial charge in [-0.15, -0.1) is 0 Å². The van der Waals surface area contributed by atoms with E-state index >= 15 is 0 Å². The average molecular weight is 527 g/mol. The Morgan fingerprint density at radius 2 is 1.72 bits per heavy atom. The van der Waals surface area contributed by atoms with Gasteiger partial charge in [-0.05, 0) is 80.8 Å². The molecule has 0 unspecified atom stereocenters. The second-order valence-electron chi connectivity index (χ2n) is 10.6. The van der Waals surface area contributed by atoms with Crippen LogP contribution in [0.5, 0.6) is 11.5 Å². The number of carbonyl (C=O) groups excluding carboxylic acids is 2. The van der Waals surface area contributed by atoms with E-state index < -0.39 is 0 Å². The van der Waals surface area contributed by atoms with Crippen LogP contribution in [0.1, 0.15) is 78.3 Å². The van der Waals surface area contributed by atoms with E-state index in [4.69, 9.17) is 9.47 Å². The molecule has 0 bridgehead atoms. The molecule has 3 aromatic rings. The molecule has 0 saturated heterocycles. The Balaban J connectivity index is 1.44. The number of rotatable bonds is 11. The summed E-state index contributed by atoms with van der Waals surface area (Å²) in [5.41, 5.74) is 4.24. The van der Waals surface area contributed by atoms with Crippen molar-refractivity contribution in [2.45, 2.75) is 58.4 Å². The summed E-state index contributed by atoms with van der Waals surface area (Å²) in [4.78, 5) is 26.2. The van der Waals surface area contributed by atoms with Gasteiger partial charge in [-0.2, -0.15) is 0 Å². The second-order valence-corrected chi connectivity index (χ2v) is 10.6. The van der Waals surface area contributed by atoms with Crippen LogP contribution in [-0.2, 0) is 6.42 Å². The highest BCUT2D eigenvalue weighted by molar-refractivity contribution is 6.10. The van der Waals surface area contributed by atoms with Crippen molar-refractivity contribution >= 4 is 23.1 Å². The van der Waals surface area contributed by atoms with Crippen LogP contribution < -0.4 is 20.1 Å². The van der Waals surface area contributed by atoms with Crippen LogP contribution in [-0.4, -0.2) is 30.9 Å². The molecule has 0 aliphatic carbocycles. The number of hydrogen-bond donors (Lipinski definition) is 2. The Bertz CT molecular complexity index is 1340. The molecule has 1 aliphatic rings. The number of amides is 1. The van der Waals surface area contributed by atoms with Gasteiger partial charge >= 0.3 is 0 Å². The molecule has 3 aromatic carbocycles. The number of allylic oxidation sites excluding steroid dienone is 1. The molecular weight excluding hydrogens is 488 g/mol. The van der Waals surface area contributed by atoms with Gasteiger partial charge in [0, 0.05) is 39.7 Å². The number of anilines is 1. The first-order valence-electron chi connectivity index (χ1n) is 13.6. The summed E-state index contributed by atoms with van der Waals surface area (Å²) >= 11 is 0. The Kier molecular flexibility index (Phi) is 9.07. The third kappa shape index (κ3) is 7.50. The van der Waals surface area contributed by atoms with Crippen LogP contribution in [0.15, 0.2) is 72.8 Å². The van der Waals surface area contributed by atoms with Gasteiger partial charge in [0.05, 0.1) is 13.7 Å². The van der Waals surface area contributed by atoms with E-state index in [2.05, 4.69) is 37.5 Å². The van der Waals surface area contributed by atoms with Gasteiger partial charge in [0.25, 0.3) is 5.91 Å². The van der Waals surface area contributed by atoms with E-state index in [9.17, 15) is 9.59 Å². The molecule has 0 aromatic heterocycles. The molecule has 1 amide bonds. The molecule has 1 heterocycles. The van der Waals surface area contributed by atoms with Crippen molar-refractivity contribution in [2.24, 2.45) is 0 Å². The Morgan fingerprint density at radius 1 is 0.949 bits per heavy atom. The van der Waals surface area contributed by atoms with Gasteiger partial charge in [-0.25, -0.2) is 0 Å². The zero-order valence-corrected chi connectivity index (χ0v) is 23.3. The van der Waals surface area contributed by atoms with Gasteiger partial charge in [-0.3, -0.25) is 9.59 Å². The smallest absolute Gasteiger partial charge is 0.255 e. The minimum absolute atomic E-state index is 0.152. The summed E-state index contributed by atoms with van der Waals surface area (Å²) < 4.78 is 11.2. The van der Waals surface area contributed by atoms with E-state index in [-0.39, 0.29) is 17.2 Å². The van der Waals surface area contributed by atoms with E-state index in [1.165, 1.54) is 12.8 Å². The quantitative estimate of drug-likeness (QED) is 0.159. The van der Waals surface area contributed by atoms with Crippen LogP contribution >= 0.6 is 0 Å². The molecule has 0 atom stereocenters. The molecule has 6 nitrogen and oxygen atoms in total. The molecule has 0 saturated carbocycles. The Labute approximate surface area is 231 Å². The minimum atomic E-state index is -0.246. The molecule has 0 radical (unpaired) electrons. The van der Waals surface area contributed by atoms with Gasteiger partial charge in [-0.1, -0.05) is 44.4 Å². The highest BCUT2D eigenvalue weighted by Gasteiger charge is 2.28. The van der Waals surface area contributed by atoms with Crippen LogP contribution in [0, 0.1) is 0 Å². The van der Waals surface area contributed by atoms with Crippen LogP contribution in [0.2, 0.25) is 0 Å². The topological polar surface area (TPSA) is 76.7 Å². The second kappa shape index (κ2) is 12.7. The fourth-order valence-corrected chi connectivity index (χ4v) is 4.74. The van der Waals surface area contributed by atoms with Crippen molar-refractivity contribution in [3.63, 3.8) is 0 Å². The van der Waals surface area contributed by atoms with Crippen molar-refractivity contribution in [1.29, 1.82) is 0 Å². The van der Waals surface area contributed by atoms with E-state index in [0.29, 0.717) is 23.4 Å². The fourth-order valence-electron chi connectivity index (χ4n) is 4.74. The van der Waals surface area contributed by atoms with Crippen molar-refractivity contribution in [2.75, 3.05) is 19.0 Å². The minimum Gasteiger partial charge on any atom is -0.497 e. The largest absolute Gasteiger partial charge is 0.497 e. The third-order valence-corrected chi connectivity index (χ3v) is 6.78. The number of unbranched alkanes of at least 4 members (excludes halogenated alkanes) is 3. The lowest BCUT2D eigenvalue weighted by atomic mass is 9.85. The predicted molar refractivity (Wildman–Crippen MR) is 157 cm³/mol. The molecule has 39 heavy (non-hydrogen) atoms. The summed E-state index contributed by atoms with van der Waals surface area (Å²) in [6.45, 7) is 7.08. The summed E-state index contributed by atoms with van der Waals surface area (Å²) in [6.07, 6.45) is 7.05. The first kappa shape index (κ1) is 28.0. The number of ketones is 1. The number of carbonyl (C=O) groups is 2. The van der Waals surface area contributed by atoms with Crippen molar-refractivity contribution in [3.8, 4) is 11.5 Å². The number of fused-ring (bicyclic) bond motifs is 1. The monoisotopic (exact) mass is 526 g/mol. The zero-order chi connectivity index (χ0) is 27.8. The van der Waals surface area contributed by atoms with Crippen LogP contribution in [0.4, 0.5) is 5.69 Å². The summed E-state index contributed by atoms with van der Waals surface area (Å²) in [7, 11) is 1.63. The van der Waals surface area contributed by atoms with Crippen LogP contribution in [0.3, 0.4) is 0 Å². The lowest BCUT2D eigenvalue weighted by Crippen LogP contribution is -2.43. The molecule has 204 valence electrons. The summed E-state index contributed by atoms with van der Waals surface area (Å²) in [5.74, 6) is 1.09. The lowest BCUT2D eigenvalue weighted by molar-refractivity contribution is 0.102. The highest BCUT2D eigenvalue weighted by Crippen LogP contribution is 2.32. The molecule has 1 aliphatic heterocycles. The number of methoxy groups -OCH3 is 1. The number of ether oxygens (including phenoxy) is 2. The van der Waals surface area contributed by atoms with Gasteiger partial charge in [0.1, 0.15) is 11.5 Å². The van der Waals surface area contributed by atoms with Crippen molar-refractivity contribution in [1.82, 2.24) is 5.32 Å².